The molecule has 0 saturated carbocycles. The monoisotopic (exact) mass is 472 g/mol. The smallest absolute Gasteiger partial charge is 0.261 e. The van der Waals surface area contributed by atoms with Crippen molar-refractivity contribution in [2.24, 2.45) is 0 Å². The Kier molecular flexibility index (Phi) is 7.93. The maximum atomic E-state index is 13.6. The van der Waals surface area contributed by atoms with Gasteiger partial charge in [-0.25, -0.2) is 12.8 Å². The maximum Gasteiger partial charge on any atom is 0.261 e. The van der Waals surface area contributed by atoms with E-state index in [1.54, 1.807) is 43.3 Å². The van der Waals surface area contributed by atoms with E-state index in [1.807, 2.05) is 19.1 Å². The third kappa shape index (κ3) is 6.11. The molecule has 0 saturated heterocycles. The number of benzene rings is 3. The van der Waals surface area contributed by atoms with Gasteiger partial charge in [-0.2, -0.15) is 11.8 Å². The van der Waals surface area contributed by atoms with Gasteiger partial charge in [-0.1, -0.05) is 42.5 Å². The number of nitrogens with one attached hydrogen (secondary N) is 2. The second-order valence-corrected chi connectivity index (χ2v) is 10.1. The van der Waals surface area contributed by atoms with Crippen LogP contribution in [0.5, 0.6) is 0 Å². The normalized spacial score (nSPS) is 11.2. The molecule has 3 aromatic rings. The van der Waals surface area contributed by atoms with Gasteiger partial charge in [0.1, 0.15) is 5.82 Å². The number of thioether (sulfide) groups is 1. The first kappa shape index (κ1) is 23.8. The lowest BCUT2D eigenvalue weighted by Crippen LogP contribution is -2.27. The van der Waals surface area contributed by atoms with Gasteiger partial charge in [0.2, 0.25) is 0 Å². The molecule has 0 heterocycles. The van der Waals surface area contributed by atoms with Crippen molar-refractivity contribution in [2.75, 3.05) is 17.0 Å². The van der Waals surface area contributed by atoms with Crippen LogP contribution < -0.4 is 10.0 Å². The Hall–Kier alpha value is -2.84. The summed E-state index contributed by atoms with van der Waals surface area (Å²) in [6, 6.07) is 18.2. The van der Waals surface area contributed by atoms with Crippen LogP contribution in [0.4, 0.5) is 10.1 Å². The highest BCUT2D eigenvalue weighted by molar-refractivity contribution is 7.98. The predicted octanol–water partition coefficient (Wildman–Crippen LogP) is 4.91. The molecule has 0 atom stereocenters. The first-order valence-electron chi connectivity index (χ1n) is 10.1. The van der Waals surface area contributed by atoms with E-state index in [0.29, 0.717) is 40.4 Å². The van der Waals surface area contributed by atoms with Crippen molar-refractivity contribution < 1.29 is 17.6 Å². The number of anilines is 1. The number of rotatable bonds is 9. The number of aryl methyl sites for hydroxylation is 2. The van der Waals surface area contributed by atoms with Crippen molar-refractivity contribution >= 4 is 33.4 Å². The van der Waals surface area contributed by atoms with Gasteiger partial charge in [-0.3, -0.25) is 9.52 Å². The summed E-state index contributed by atoms with van der Waals surface area (Å²) in [5.41, 5.74) is 2.90. The third-order valence-electron chi connectivity index (χ3n) is 4.90. The Morgan fingerprint density at radius 2 is 1.69 bits per heavy atom. The van der Waals surface area contributed by atoms with Crippen molar-refractivity contribution in [1.82, 2.24) is 5.32 Å². The lowest BCUT2D eigenvalue weighted by Gasteiger charge is -2.13. The zero-order chi connectivity index (χ0) is 23.1. The van der Waals surface area contributed by atoms with Crippen molar-refractivity contribution in [1.29, 1.82) is 0 Å². The molecule has 3 rings (SSSR count). The number of halogens is 1. The highest BCUT2D eigenvalue weighted by Crippen LogP contribution is 2.21. The Morgan fingerprint density at radius 3 is 2.44 bits per heavy atom. The fourth-order valence-corrected chi connectivity index (χ4v) is 5.03. The van der Waals surface area contributed by atoms with E-state index >= 15 is 0 Å². The Labute approximate surface area is 192 Å². The van der Waals surface area contributed by atoms with Gasteiger partial charge in [0, 0.05) is 23.6 Å². The van der Waals surface area contributed by atoms with E-state index in [9.17, 15) is 17.6 Å². The summed E-state index contributed by atoms with van der Waals surface area (Å²) in [7, 11) is -3.84. The summed E-state index contributed by atoms with van der Waals surface area (Å²) in [6.07, 6.45) is 0. The molecule has 5 nitrogen and oxygen atoms in total. The molecule has 0 unspecified atom stereocenters. The van der Waals surface area contributed by atoms with Gasteiger partial charge in [0.25, 0.3) is 15.9 Å². The summed E-state index contributed by atoms with van der Waals surface area (Å²) >= 11 is 1.51. The first-order valence-corrected chi connectivity index (χ1v) is 12.7. The van der Waals surface area contributed by atoms with Gasteiger partial charge < -0.3 is 5.32 Å². The zero-order valence-corrected chi connectivity index (χ0v) is 19.5. The molecule has 0 aliphatic carbocycles. The van der Waals surface area contributed by atoms with Gasteiger partial charge in [0.05, 0.1) is 10.6 Å². The van der Waals surface area contributed by atoms with Crippen molar-refractivity contribution in [3.05, 3.63) is 94.8 Å². The van der Waals surface area contributed by atoms with Gasteiger partial charge in [0.15, 0.2) is 0 Å². The van der Waals surface area contributed by atoms with E-state index in [1.165, 1.54) is 30.0 Å². The summed E-state index contributed by atoms with van der Waals surface area (Å²) < 4.78 is 41.9. The SMILES string of the molecule is Cc1ccccc1NS(=O)(=O)c1ccc(C)c(C(=O)NCCSCc2ccccc2F)c1. The minimum atomic E-state index is -3.84. The molecule has 3 aromatic carbocycles. The lowest BCUT2D eigenvalue weighted by molar-refractivity contribution is 0.0955. The summed E-state index contributed by atoms with van der Waals surface area (Å²) in [6.45, 7) is 3.96. The van der Waals surface area contributed by atoms with E-state index in [0.717, 1.165) is 5.56 Å². The fraction of sp³-hybridized carbons (Fsp3) is 0.208. The number of sulfonamides is 1. The zero-order valence-electron chi connectivity index (χ0n) is 17.9. The van der Waals surface area contributed by atoms with Crippen LogP contribution in [0.15, 0.2) is 71.6 Å². The van der Waals surface area contributed by atoms with Crippen LogP contribution in [-0.2, 0) is 15.8 Å². The van der Waals surface area contributed by atoms with E-state index in [4.69, 9.17) is 0 Å². The molecule has 0 aromatic heterocycles. The molecule has 2 N–H and O–H groups in total. The lowest BCUT2D eigenvalue weighted by atomic mass is 10.1. The minimum Gasteiger partial charge on any atom is -0.351 e. The molecule has 0 radical (unpaired) electrons. The van der Waals surface area contributed by atoms with Crippen LogP contribution in [0, 0.1) is 19.7 Å². The van der Waals surface area contributed by atoms with E-state index < -0.39 is 10.0 Å². The number of carbonyl (C=O) groups excluding carboxylic acids is 1. The third-order valence-corrected chi connectivity index (χ3v) is 7.27. The molecule has 0 aliphatic rings. The molecular formula is C24H25FN2O3S2. The van der Waals surface area contributed by atoms with E-state index in [2.05, 4.69) is 10.0 Å². The molecule has 0 bridgehead atoms. The van der Waals surface area contributed by atoms with Crippen LogP contribution in [0.25, 0.3) is 0 Å². The van der Waals surface area contributed by atoms with Crippen LogP contribution in [0.2, 0.25) is 0 Å². The van der Waals surface area contributed by atoms with Crippen LogP contribution >= 0.6 is 11.8 Å². The summed E-state index contributed by atoms with van der Waals surface area (Å²) in [5.74, 6) is 0.533. The summed E-state index contributed by atoms with van der Waals surface area (Å²) in [4.78, 5) is 12.7. The Bertz CT molecular complexity index is 1210. The molecule has 8 heteroatoms. The van der Waals surface area contributed by atoms with E-state index in [-0.39, 0.29) is 16.6 Å². The Morgan fingerprint density at radius 1 is 0.969 bits per heavy atom. The highest BCUT2D eigenvalue weighted by atomic mass is 32.2. The molecule has 168 valence electrons. The summed E-state index contributed by atoms with van der Waals surface area (Å²) in [5, 5.41) is 2.81. The number of para-hydroxylation sites is 1. The molecule has 1 amide bonds. The predicted molar refractivity (Wildman–Crippen MR) is 128 cm³/mol. The van der Waals surface area contributed by atoms with Crippen LogP contribution in [0.3, 0.4) is 0 Å². The molecule has 32 heavy (non-hydrogen) atoms. The second kappa shape index (κ2) is 10.7. The van der Waals surface area contributed by atoms with Crippen LogP contribution in [0.1, 0.15) is 27.0 Å². The quantitative estimate of drug-likeness (QED) is 0.434. The molecule has 0 aliphatic heterocycles. The maximum absolute atomic E-state index is 13.6. The molecule has 0 fully saturated rings. The first-order chi connectivity index (χ1) is 15.3. The standard InChI is InChI=1S/C24H25FN2O3S2/c1-17-11-12-20(32(29,30)27-23-10-6-3-7-18(23)2)15-21(17)24(28)26-13-14-31-16-19-8-4-5-9-22(19)25/h3-12,15,27H,13-14,16H2,1-2H3,(H,26,28). The second-order valence-electron chi connectivity index (χ2n) is 7.30. The van der Waals surface area contributed by atoms with Crippen molar-refractivity contribution in [3.8, 4) is 0 Å². The minimum absolute atomic E-state index is 0.0189. The van der Waals surface area contributed by atoms with Gasteiger partial charge in [-0.05, 0) is 54.8 Å². The van der Waals surface area contributed by atoms with Gasteiger partial charge >= 0.3 is 0 Å². The highest BCUT2D eigenvalue weighted by Gasteiger charge is 2.19. The number of carbonyl (C=O) groups is 1. The fourth-order valence-electron chi connectivity index (χ4n) is 3.03. The largest absolute Gasteiger partial charge is 0.351 e. The topological polar surface area (TPSA) is 75.3 Å². The average molecular weight is 473 g/mol. The van der Waals surface area contributed by atoms with Crippen molar-refractivity contribution in [2.45, 2.75) is 24.5 Å². The van der Waals surface area contributed by atoms with Gasteiger partial charge in [-0.15, -0.1) is 0 Å². The molecular weight excluding hydrogens is 447 g/mol. The number of hydrogen-bond acceptors (Lipinski definition) is 4. The molecule has 0 spiro atoms. The van der Waals surface area contributed by atoms with Crippen molar-refractivity contribution in [3.63, 3.8) is 0 Å². The van der Waals surface area contributed by atoms with Crippen LogP contribution in [-0.4, -0.2) is 26.6 Å². The number of hydrogen-bond donors (Lipinski definition) is 2. The number of amides is 1. The average Bonchev–Trinajstić information content (AvgIpc) is 2.76. The Balaban J connectivity index is 1.61.